The van der Waals surface area contributed by atoms with Crippen LogP contribution in [-0.2, 0) is 13.5 Å². The molecule has 2 rings (SSSR count). The van der Waals surface area contributed by atoms with Gasteiger partial charge in [0.05, 0.1) is 21.9 Å². The van der Waals surface area contributed by atoms with Crippen molar-refractivity contribution < 1.29 is 4.39 Å². The van der Waals surface area contributed by atoms with Gasteiger partial charge in [0, 0.05) is 7.05 Å². The molecule has 0 radical (unpaired) electrons. The van der Waals surface area contributed by atoms with Crippen molar-refractivity contribution in [1.82, 2.24) is 15.1 Å². The summed E-state index contributed by atoms with van der Waals surface area (Å²) in [6.45, 7) is 5.04. The predicted molar refractivity (Wildman–Crippen MR) is 86.8 cm³/mol. The van der Waals surface area contributed by atoms with E-state index in [4.69, 9.17) is 0 Å². The normalized spacial score (nSPS) is 12.6. The van der Waals surface area contributed by atoms with E-state index in [1.54, 1.807) is 6.07 Å². The molecule has 0 bridgehead atoms. The highest BCUT2D eigenvalue weighted by molar-refractivity contribution is 9.10. The topological polar surface area (TPSA) is 29.9 Å². The summed E-state index contributed by atoms with van der Waals surface area (Å²) in [7, 11) is 1.95. The predicted octanol–water partition coefficient (Wildman–Crippen LogP) is 3.91. The van der Waals surface area contributed by atoms with Crippen LogP contribution in [0.15, 0.2) is 28.7 Å². The first-order valence-electron chi connectivity index (χ1n) is 7.19. The summed E-state index contributed by atoms with van der Waals surface area (Å²) in [5.41, 5.74) is 3.08. The van der Waals surface area contributed by atoms with Gasteiger partial charge in [-0.1, -0.05) is 19.1 Å². The maximum atomic E-state index is 13.7. The maximum Gasteiger partial charge on any atom is 0.137 e. The van der Waals surface area contributed by atoms with Crippen LogP contribution in [0.1, 0.15) is 36.3 Å². The standard InChI is InChI=1S/C16H21BrFN3/c1-4-8-19-14(15-9-11(2)20-21(15)3)10-12-6-5-7-13(18)16(12)17/h5-7,9,14,19H,4,8,10H2,1-3H3. The van der Waals surface area contributed by atoms with Crippen molar-refractivity contribution in [2.45, 2.75) is 32.7 Å². The number of aromatic nitrogens is 2. The molecule has 0 saturated carbocycles. The Balaban J connectivity index is 2.28. The van der Waals surface area contributed by atoms with Gasteiger partial charge in [-0.2, -0.15) is 5.10 Å². The fourth-order valence-electron chi connectivity index (χ4n) is 2.48. The Kier molecular flexibility index (Phi) is 5.53. The second-order valence-corrected chi connectivity index (χ2v) is 6.05. The third-order valence-electron chi connectivity index (χ3n) is 3.49. The molecule has 0 aliphatic carbocycles. The first-order chi connectivity index (χ1) is 10.0. The molecule has 0 fully saturated rings. The number of rotatable bonds is 6. The highest BCUT2D eigenvalue weighted by atomic mass is 79.9. The first-order valence-corrected chi connectivity index (χ1v) is 7.99. The van der Waals surface area contributed by atoms with Gasteiger partial charge in [0.1, 0.15) is 5.82 Å². The maximum absolute atomic E-state index is 13.7. The molecule has 1 atom stereocenters. The van der Waals surface area contributed by atoms with Crippen molar-refractivity contribution in [3.05, 3.63) is 51.5 Å². The monoisotopic (exact) mass is 353 g/mol. The second-order valence-electron chi connectivity index (χ2n) is 5.26. The highest BCUT2D eigenvalue weighted by Gasteiger charge is 2.18. The van der Waals surface area contributed by atoms with Gasteiger partial charge in [-0.15, -0.1) is 0 Å². The number of halogens is 2. The second kappa shape index (κ2) is 7.18. The molecule has 1 aromatic heterocycles. The molecule has 114 valence electrons. The summed E-state index contributed by atoms with van der Waals surface area (Å²) in [5, 5.41) is 7.94. The summed E-state index contributed by atoms with van der Waals surface area (Å²) in [5.74, 6) is -0.220. The van der Waals surface area contributed by atoms with Crippen LogP contribution in [0.3, 0.4) is 0 Å². The molecule has 0 aliphatic rings. The zero-order valence-electron chi connectivity index (χ0n) is 12.7. The summed E-state index contributed by atoms with van der Waals surface area (Å²) < 4.78 is 16.1. The third kappa shape index (κ3) is 3.92. The van der Waals surface area contributed by atoms with Gasteiger partial charge in [0.15, 0.2) is 0 Å². The van der Waals surface area contributed by atoms with Gasteiger partial charge >= 0.3 is 0 Å². The van der Waals surface area contributed by atoms with Crippen LogP contribution in [0.2, 0.25) is 0 Å². The van der Waals surface area contributed by atoms with Crippen LogP contribution in [-0.4, -0.2) is 16.3 Å². The Morgan fingerprint density at radius 3 is 2.81 bits per heavy atom. The lowest BCUT2D eigenvalue weighted by atomic mass is 10.0. The molecule has 1 heterocycles. The molecular weight excluding hydrogens is 333 g/mol. The van der Waals surface area contributed by atoms with Crippen LogP contribution in [0.4, 0.5) is 4.39 Å². The lowest BCUT2D eigenvalue weighted by molar-refractivity contribution is 0.491. The van der Waals surface area contributed by atoms with E-state index in [1.165, 1.54) is 6.07 Å². The van der Waals surface area contributed by atoms with Crippen LogP contribution < -0.4 is 5.32 Å². The Hall–Kier alpha value is -1.20. The molecule has 21 heavy (non-hydrogen) atoms. The van der Waals surface area contributed by atoms with Crippen LogP contribution in [0, 0.1) is 12.7 Å². The first kappa shape index (κ1) is 16.2. The number of nitrogens with zero attached hydrogens (tertiary/aromatic N) is 2. The Morgan fingerprint density at radius 1 is 1.43 bits per heavy atom. The lowest BCUT2D eigenvalue weighted by Gasteiger charge is -2.19. The van der Waals surface area contributed by atoms with E-state index >= 15 is 0 Å². The zero-order chi connectivity index (χ0) is 15.4. The van der Waals surface area contributed by atoms with Crippen molar-refractivity contribution in [2.75, 3.05) is 6.54 Å². The average molecular weight is 354 g/mol. The Morgan fingerprint density at radius 2 is 2.19 bits per heavy atom. The molecule has 1 aromatic carbocycles. The SMILES string of the molecule is CCCNC(Cc1cccc(F)c1Br)c1cc(C)nn1C. The largest absolute Gasteiger partial charge is 0.308 e. The quantitative estimate of drug-likeness (QED) is 0.852. The summed E-state index contributed by atoms with van der Waals surface area (Å²) in [4.78, 5) is 0. The lowest BCUT2D eigenvalue weighted by Crippen LogP contribution is -2.26. The number of hydrogen-bond donors (Lipinski definition) is 1. The van der Waals surface area contributed by atoms with Crippen LogP contribution >= 0.6 is 15.9 Å². The fourth-order valence-corrected chi connectivity index (χ4v) is 2.91. The van der Waals surface area contributed by atoms with E-state index < -0.39 is 0 Å². The van der Waals surface area contributed by atoms with Gasteiger partial charge < -0.3 is 5.32 Å². The van der Waals surface area contributed by atoms with E-state index in [-0.39, 0.29) is 11.9 Å². The molecule has 1 N–H and O–H groups in total. The molecule has 0 spiro atoms. The minimum Gasteiger partial charge on any atom is -0.308 e. The number of hydrogen-bond acceptors (Lipinski definition) is 2. The van der Waals surface area contributed by atoms with E-state index in [0.717, 1.165) is 36.3 Å². The van der Waals surface area contributed by atoms with Crippen molar-refractivity contribution in [1.29, 1.82) is 0 Å². The van der Waals surface area contributed by atoms with E-state index in [1.807, 2.05) is 24.7 Å². The molecule has 2 aromatic rings. The van der Waals surface area contributed by atoms with E-state index in [2.05, 4.69) is 39.3 Å². The molecule has 0 saturated heterocycles. The number of benzene rings is 1. The van der Waals surface area contributed by atoms with Gasteiger partial charge in [0.2, 0.25) is 0 Å². The van der Waals surface area contributed by atoms with Crippen molar-refractivity contribution in [2.24, 2.45) is 7.05 Å². The van der Waals surface area contributed by atoms with Gasteiger partial charge in [-0.3, -0.25) is 4.68 Å². The van der Waals surface area contributed by atoms with Crippen molar-refractivity contribution >= 4 is 15.9 Å². The number of nitrogens with one attached hydrogen (secondary N) is 1. The number of aryl methyl sites for hydroxylation is 2. The third-order valence-corrected chi connectivity index (χ3v) is 4.38. The van der Waals surface area contributed by atoms with Crippen LogP contribution in [0.5, 0.6) is 0 Å². The average Bonchev–Trinajstić information content (AvgIpc) is 2.78. The molecule has 3 nitrogen and oxygen atoms in total. The van der Waals surface area contributed by atoms with Crippen molar-refractivity contribution in [3.63, 3.8) is 0 Å². The van der Waals surface area contributed by atoms with E-state index in [9.17, 15) is 4.39 Å². The molecule has 5 heteroatoms. The molecular formula is C16H21BrFN3. The van der Waals surface area contributed by atoms with Gasteiger partial charge in [-0.25, -0.2) is 4.39 Å². The van der Waals surface area contributed by atoms with Gasteiger partial charge in [0.25, 0.3) is 0 Å². The summed E-state index contributed by atoms with van der Waals surface area (Å²) in [6, 6.07) is 7.38. The zero-order valence-corrected chi connectivity index (χ0v) is 14.2. The minimum absolute atomic E-state index is 0.120. The van der Waals surface area contributed by atoms with Crippen LogP contribution in [0.25, 0.3) is 0 Å². The molecule has 0 aliphatic heterocycles. The summed E-state index contributed by atoms with van der Waals surface area (Å²) >= 11 is 3.35. The minimum atomic E-state index is -0.220. The molecule has 0 amide bonds. The fraction of sp³-hybridized carbons (Fsp3) is 0.438. The Labute approximate surface area is 133 Å². The van der Waals surface area contributed by atoms with Gasteiger partial charge in [-0.05, 0) is 59.9 Å². The summed E-state index contributed by atoms with van der Waals surface area (Å²) in [6.07, 6.45) is 1.77. The smallest absolute Gasteiger partial charge is 0.137 e. The van der Waals surface area contributed by atoms with Crippen molar-refractivity contribution in [3.8, 4) is 0 Å². The van der Waals surface area contributed by atoms with E-state index in [0.29, 0.717) is 4.47 Å². The Bertz CT molecular complexity index is 610. The highest BCUT2D eigenvalue weighted by Crippen LogP contribution is 2.26. The molecule has 1 unspecified atom stereocenters.